The Hall–Kier alpha value is -3.60. The maximum Gasteiger partial charge on any atom is 0.303 e. The molecule has 4 nitrogen and oxygen atoms in total. The minimum absolute atomic E-state index is 0.0157. The molecule has 0 amide bonds. The quantitative estimate of drug-likeness (QED) is 0.333. The SMILES string of the molecule is COc1ccc(F)c(-c2ccc(COc3cccc([C@H](C)CC(=O)O)c3)cc2C2=CCCC2(C)C)c1. The number of methoxy groups -OCH3 is 1. The second-order valence-electron chi connectivity index (χ2n) is 10.1. The van der Waals surface area contributed by atoms with Gasteiger partial charge in [-0.1, -0.05) is 51.1 Å². The lowest BCUT2D eigenvalue weighted by Gasteiger charge is -2.25. The highest BCUT2D eigenvalue weighted by Gasteiger charge is 2.30. The number of hydrogen-bond donors (Lipinski definition) is 1. The van der Waals surface area contributed by atoms with Gasteiger partial charge in [0.2, 0.25) is 0 Å². The molecular formula is C31H33FO4. The van der Waals surface area contributed by atoms with Crippen LogP contribution in [0.25, 0.3) is 16.7 Å². The highest BCUT2D eigenvalue weighted by Crippen LogP contribution is 2.47. The predicted octanol–water partition coefficient (Wildman–Crippen LogP) is 7.86. The van der Waals surface area contributed by atoms with Gasteiger partial charge in [-0.15, -0.1) is 0 Å². The third-order valence-corrected chi connectivity index (χ3v) is 7.00. The first-order chi connectivity index (χ1) is 17.2. The Kier molecular flexibility index (Phi) is 7.48. The topological polar surface area (TPSA) is 55.8 Å². The molecular weight excluding hydrogens is 455 g/mol. The third-order valence-electron chi connectivity index (χ3n) is 7.00. The molecule has 3 aromatic carbocycles. The minimum Gasteiger partial charge on any atom is -0.497 e. The second kappa shape index (κ2) is 10.6. The monoisotopic (exact) mass is 488 g/mol. The van der Waals surface area contributed by atoms with Crippen molar-refractivity contribution in [3.05, 3.63) is 89.2 Å². The first-order valence-electron chi connectivity index (χ1n) is 12.3. The molecule has 4 rings (SSSR count). The molecule has 188 valence electrons. The minimum atomic E-state index is -0.821. The fourth-order valence-corrected chi connectivity index (χ4v) is 4.90. The number of rotatable bonds is 9. The Morgan fingerprint density at radius 2 is 1.83 bits per heavy atom. The van der Waals surface area contributed by atoms with Crippen molar-refractivity contribution in [1.82, 2.24) is 0 Å². The van der Waals surface area contributed by atoms with Crippen molar-refractivity contribution in [1.29, 1.82) is 0 Å². The van der Waals surface area contributed by atoms with Crippen LogP contribution in [0.4, 0.5) is 4.39 Å². The average molecular weight is 489 g/mol. The summed E-state index contributed by atoms with van der Waals surface area (Å²) < 4.78 is 26.4. The van der Waals surface area contributed by atoms with Crippen molar-refractivity contribution in [2.24, 2.45) is 5.41 Å². The summed E-state index contributed by atoms with van der Waals surface area (Å²) in [6, 6.07) is 18.4. The van der Waals surface area contributed by atoms with Gasteiger partial charge in [-0.05, 0) is 88.4 Å². The molecule has 0 aromatic heterocycles. The summed E-state index contributed by atoms with van der Waals surface area (Å²) in [4.78, 5) is 11.1. The molecule has 1 aliphatic rings. The number of halogens is 1. The maximum absolute atomic E-state index is 15.0. The van der Waals surface area contributed by atoms with Crippen molar-refractivity contribution in [2.45, 2.75) is 52.6 Å². The van der Waals surface area contributed by atoms with E-state index in [0.29, 0.717) is 23.7 Å². The van der Waals surface area contributed by atoms with Crippen LogP contribution in [0.1, 0.15) is 62.6 Å². The summed E-state index contributed by atoms with van der Waals surface area (Å²) in [5.41, 5.74) is 5.46. The number of carboxylic acids is 1. The van der Waals surface area contributed by atoms with E-state index in [9.17, 15) is 9.18 Å². The van der Waals surface area contributed by atoms with E-state index in [0.717, 1.165) is 35.1 Å². The summed E-state index contributed by atoms with van der Waals surface area (Å²) in [6.45, 7) is 6.69. The Labute approximate surface area is 212 Å². The van der Waals surface area contributed by atoms with Gasteiger partial charge in [-0.2, -0.15) is 0 Å². The van der Waals surface area contributed by atoms with E-state index in [2.05, 4.69) is 26.0 Å². The molecule has 0 bridgehead atoms. The van der Waals surface area contributed by atoms with Gasteiger partial charge >= 0.3 is 5.97 Å². The number of carboxylic acid groups (broad SMARTS) is 1. The molecule has 0 spiro atoms. The van der Waals surface area contributed by atoms with Gasteiger partial charge in [0.1, 0.15) is 23.9 Å². The molecule has 1 aliphatic carbocycles. The molecule has 0 saturated carbocycles. The number of aliphatic carboxylic acids is 1. The van der Waals surface area contributed by atoms with Crippen LogP contribution < -0.4 is 9.47 Å². The first-order valence-corrected chi connectivity index (χ1v) is 12.3. The third kappa shape index (κ3) is 5.62. The standard InChI is InChI=1S/C31H33FO4/c1-20(15-30(33)34)22-7-5-8-24(17-22)36-19-21-10-12-25(27-18-23(35-4)11-13-29(27)32)26(16-21)28-9-6-14-31(28,2)3/h5,7-13,16-18,20H,6,14-15,19H2,1-4H3,(H,33,34)/t20-/m1/s1. The lowest BCUT2D eigenvalue weighted by Crippen LogP contribution is -2.10. The molecule has 5 heteroatoms. The van der Waals surface area contributed by atoms with Gasteiger partial charge in [0, 0.05) is 5.56 Å². The Balaban J connectivity index is 1.66. The molecule has 0 radical (unpaired) electrons. The van der Waals surface area contributed by atoms with Crippen LogP contribution in [0, 0.1) is 11.2 Å². The Morgan fingerprint density at radius 3 is 2.53 bits per heavy atom. The Bertz CT molecular complexity index is 1290. The maximum atomic E-state index is 15.0. The number of ether oxygens (including phenoxy) is 2. The van der Waals surface area contributed by atoms with Gasteiger partial charge in [0.15, 0.2) is 0 Å². The summed E-state index contributed by atoms with van der Waals surface area (Å²) in [5, 5.41) is 9.10. The van der Waals surface area contributed by atoms with Crippen LogP contribution in [-0.2, 0) is 11.4 Å². The normalized spacial score (nSPS) is 15.3. The zero-order valence-electron chi connectivity index (χ0n) is 21.3. The molecule has 1 atom stereocenters. The fourth-order valence-electron chi connectivity index (χ4n) is 4.90. The van der Waals surface area contributed by atoms with Gasteiger partial charge in [-0.25, -0.2) is 4.39 Å². The predicted molar refractivity (Wildman–Crippen MR) is 141 cm³/mol. The van der Waals surface area contributed by atoms with E-state index in [1.165, 1.54) is 11.6 Å². The summed E-state index contributed by atoms with van der Waals surface area (Å²) >= 11 is 0. The highest BCUT2D eigenvalue weighted by molar-refractivity contribution is 5.85. The molecule has 36 heavy (non-hydrogen) atoms. The summed E-state index contributed by atoms with van der Waals surface area (Å²) in [6.07, 6.45) is 4.36. The van der Waals surface area contributed by atoms with Crippen LogP contribution in [0.3, 0.4) is 0 Å². The summed E-state index contributed by atoms with van der Waals surface area (Å²) in [5.74, 6) is 0.0880. The average Bonchev–Trinajstić information content (AvgIpc) is 3.21. The van der Waals surface area contributed by atoms with Gasteiger partial charge in [0.05, 0.1) is 13.5 Å². The van der Waals surface area contributed by atoms with Crippen LogP contribution in [0.2, 0.25) is 0 Å². The zero-order chi connectivity index (χ0) is 25.9. The molecule has 0 saturated heterocycles. The van der Waals surface area contributed by atoms with Gasteiger partial charge in [0.25, 0.3) is 0 Å². The van der Waals surface area contributed by atoms with E-state index in [1.807, 2.05) is 43.3 Å². The molecule has 0 heterocycles. The van der Waals surface area contributed by atoms with Crippen LogP contribution in [0.5, 0.6) is 11.5 Å². The number of carbonyl (C=O) groups is 1. The second-order valence-corrected chi connectivity index (χ2v) is 10.1. The smallest absolute Gasteiger partial charge is 0.303 e. The van der Waals surface area contributed by atoms with E-state index in [-0.39, 0.29) is 23.6 Å². The van der Waals surface area contributed by atoms with E-state index >= 15 is 0 Å². The molecule has 0 aliphatic heterocycles. The van der Waals surface area contributed by atoms with Crippen LogP contribution >= 0.6 is 0 Å². The number of benzene rings is 3. The van der Waals surface area contributed by atoms with E-state index in [4.69, 9.17) is 14.6 Å². The zero-order valence-corrected chi connectivity index (χ0v) is 21.3. The Morgan fingerprint density at radius 1 is 1.03 bits per heavy atom. The van der Waals surface area contributed by atoms with Crippen molar-refractivity contribution >= 4 is 11.5 Å². The van der Waals surface area contributed by atoms with Crippen molar-refractivity contribution in [3.8, 4) is 22.6 Å². The van der Waals surface area contributed by atoms with E-state index < -0.39 is 5.97 Å². The first kappa shape index (κ1) is 25.5. The van der Waals surface area contributed by atoms with Crippen LogP contribution in [-0.4, -0.2) is 18.2 Å². The van der Waals surface area contributed by atoms with Crippen molar-refractivity contribution in [3.63, 3.8) is 0 Å². The molecule has 1 N–H and O–H groups in total. The molecule has 0 unspecified atom stereocenters. The largest absolute Gasteiger partial charge is 0.497 e. The highest BCUT2D eigenvalue weighted by atomic mass is 19.1. The summed E-state index contributed by atoms with van der Waals surface area (Å²) in [7, 11) is 1.58. The van der Waals surface area contributed by atoms with Gasteiger partial charge < -0.3 is 14.6 Å². The van der Waals surface area contributed by atoms with Crippen molar-refractivity contribution < 1.29 is 23.8 Å². The lowest BCUT2D eigenvalue weighted by atomic mass is 9.79. The number of allylic oxidation sites excluding steroid dienone is 2. The lowest BCUT2D eigenvalue weighted by molar-refractivity contribution is -0.137. The molecule has 3 aromatic rings. The fraction of sp³-hybridized carbons (Fsp3) is 0.323. The van der Waals surface area contributed by atoms with E-state index in [1.54, 1.807) is 19.2 Å². The number of hydrogen-bond acceptors (Lipinski definition) is 3. The van der Waals surface area contributed by atoms with Gasteiger partial charge in [-0.3, -0.25) is 4.79 Å². The van der Waals surface area contributed by atoms with Crippen LogP contribution in [0.15, 0.2) is 66.7 Å². The molecule has 0 fully saturated rings. The van der Waals surface area contributed by atoms with Crippen molar-refractivity contribution in [2.75, 3.05) is 7.11 Å².